The highest BCUT2D eigenvalue weighted by Gasteiger charge is 2.15. The van der Waals surface area contributed by atoms with Crippen molar-refractivity contribution < 1.29 is 13.5 Å². The van der Waals surface area contributed by atoms with Gasteiger partial charge in [0.15, 0.2) is 0 Å². The van der Waals surface area contributed by atoms with Gasteiger partial charge in [0.05, 0.1) is 11.5 Å². The third-order valence-corrected chi connectivity index (χ3v) is 5.33. The molecule has 2 N–H and O–H groups in total. The largest absolute Gasteiger partial charge is 0.392 e. The SMILES string of the molecule is CSc1ccc(NS(=O)(=O)c2ccc(Cl)c(CO)c2)cc1. The third-order valence-electron chi connectivity index (χ3n) is 2.84. The number of thioether (sulfide) groups is 1. The monoisotopic (exact) mass is 343 g/mol. The summed E-state index contributed by atoms with van der Waals surface area (Å²) < 4.78 is 27.1. The Morgan fingerprint density at radius 3 is 2.43 bits per heavy atom. The molecule has 0 heterocycles. The molecule has 0 unspecified atom stereocenters. The van der Waals surface area contributed by atoms with Crippen LogP contribution in [-0.2, 0) is 16.6 Å². The van der Waals surface area contributed by atoms with Crippen LogP contribution in [-0.4, -0.2) is 19.8 Å². The molecule has 0 fully saturated rings. The number of hydrogen-bond acceptors (Lipinski definition) is 4. The minimum atomic E-state index is -3.71. The normalized spacial score (nSPS) is 11.4. The van der Waals surface area contributed by atoms with Crippen molar-refractivity contribution in [1.29, 1.82) is 0 Å². The van der Waals surface area contributed by atoms with Crippen LogP contribution in [0.15, 0.2) is 52.3 Å². The molecule has 21 heavy (non-hydrogen) atoms. The highest BCUT2D eigenvalue weighted by atomic mass is 35.5. The van der Waals surface area contributed by atoms with Crippen molar-refractivity contribution in [3.05, 3.63) is 53.1 Å². The average molecular weight is 344 g/mol. The predicted octanol–water partition coefficient (Wildman–Crippen LogP) is 3.36. The summed E-state index contributed by atoms with van der Waals surface area (Å²) in [5, 5.41) is 9.49. The molecule has 0 aliphatic heterocycles. The summed E-state index contributed by atoms with van der Waals surface area (Å²) in [5.41, 5.74) is 0.852. The van der Waals surface area contributed by atoms with Crippen LogP contribution in [0.5, 0.6) is 0 Å². The zero-order valence-corrected chi connectivity index (χ0v) is 13.6. The lowest BCUT2D eigenvalue weighted by atomic mass is 10.2. The van der Waals surface area contributed by atoms with Gasteiger partial charge in [-0.15, -0.1) is 11.8 Å². The van der Waals surface area contributed by atoms with Crippen molar-refractivity contribution in [3.63, 3.8) is 0 Å². The molecule has 2 aromatic carbocycles. The molecule has 0 aromatic heterocycles. The summed E-state index contributed by atoms with van der Waals surface area (Å²) in [6.07, 6.45) is 1.95. The number of rotatable bonds is 5. The molecule has 0 aliphatic rings. The van der Waals surface area contributed by atoms with Gasteiger partial charge in [-0.05, 0) is 54.3 Å². The molecule has 2 rings (SSSR count). The van der Waals surface area contributed by atoms with E-state index in [2.05, 4.69) is 4.72 Å². The van der Waals surface area contributed by atoms with Crippen molar-refractivity contribution >= 4 is 39.1 Å². The van der Waals surface area contributed by atoms with Crippen molar-refractivity contribution in [2.45, 2.75) is 16.4 Å². The number of anilines is 1. The van der Waals surface area contributed by atoms with Crippen molar-refractivity contribution in [3.8, 4) is 0 Å². The zero-order valence-electron chi connectivity index (χ0n) is 11.2. The van der Waals surface area contributed by atoms with Crippen LogP contribution in [0.2, 0.25) is 5.02 Å². The van der Waals surface area contributed by atoms with Gasteiger partial charge in [0.2, 0.25) is 0 Å². The van der Waals surface area contributed by atoms with Crippen LogP contribution in [0.25, 0.3) is 0 Å². The van der Waals surface area contributed by atoms with Gasteiger partial charge in [-0.2, -0.15) is 0 Å². The fourth-order valence-electron chi connectivity index (χ4n) is 1.71. The Hall–Kier alpha value is -1.21. The smallest absolute Gasteiger partial charge is 0.261 e. The summed E-state index contributed by atoms with van der Waals surface area (Å²) in [4.78, 5) is 1.11. The molecule has 0 saturated heterocycles. The number of sulfonamides is 1. The second kappa shape index (κ2) is 6.70. The van der Waals surface area contributed by atoms with Crippen LogP contribution >= 0.6 is 23.4 Å². The first-order chi connectivity index (χ1) is 9.96. The predicted molar refractivity (Wildman–Crippen MR) is 86.4 cm³/mol. The first kappa shape index (κ1) is 16.2. The van der Waals surface area contributed by atoms with Gasteiger partial charge in [-0.25, -0.2) is 8.42 Å². The van der Waals surface area contributed by atoms with E-state index in [1.807, 2.05) is 18.4 Å². The third kappa shape index (κ3) is 3.91. The van der Waals surface area contributed by atoms with Crippen LogP contribution < -0.4 is 4.72 Å². The lowest BCUT2D eigenvalue weighted by molar-refractivity contribution is 0.281. The Morgan fingerprint density at radius 2 is 1.86 bits per heavy atom. The van der Waals surface area contributed by atoms with E-state index in [0.29, 0.717) is 16.3 Å². The molecular weight excluding hydrogens is 330 g/mol. The zero-order chi connectivity index (χ0) is 15.5. The lowest BCUT2D eigenvalue weighted by Gasteiger charge is -2.10. The highest BCUT2D eigenvalue weighted by Crippen LogP contribution is 2.23. The van der Waals surface area contributed by atoms with Crippen molar-refractivity contribution in [1.82, 2.24) is 0 Å². The van der Waals surface area contributed by atoms with Gasteiger partial charge in [-0.1, -0.05) is 11.6 Å². The summed E-state index contributed by atoms with van der Waals surface area (Å²) in [5.74, 6) is 0. The van der Waals surface area contributed by atoms with Gasteiger partial charge in [0, 0.05) is 15.6 Å². The first-order valence-corrected chi connectivity index (χ1v) is 9.11. The Labute approximate surface area is 133 Å². The lowest BCUT2D eigenvalue weighted by Crippen LogP contribution is -2.13. The average Bonchev–Trinajstić information content (AvgIpc) is 2.48. The molecule has 4 nitrogen and oxygen atoms in total. The van der Waals surface area contributed by atoms with E-state index in [1.165, 1.54) is 18.2 Å². The molecule has 0 spiro atoms. The molecule has 0 aliphatic carbocycles. The molecule has 7 heteroatoms. The number of hydrogen-bond donors (Lipinski definition) is 2. The van der Waals surface area contributed by atoms with Gasteiger partial charge in [-0.3, -0.25) is 4.72 Å². The Bertz CT molecular complexity index is 730. The first-order valence-electron chi connectivity index (χ1n) is 6.02. The minimum absolute atomic E-state index is 0.0601. The molecule has 0 atom stereocenters. The molecule has 2 aromatic rings. The molecule has 0 bridgehead atoms. The summed E-state index contributed by atoms with van der Waals surface area (Å²) in [6.45, 7) is -0.315. The summed E-state index contributed by atoms with van der Waals surface area (Å²) in [7, 11) is -3.71. The van der Waals surface area contributed by atoms with E-state index in [-0.39, 0.29) is 11.5 Å². The van der Waals surface area contributed by atoms with Gasteiger partial charge >= 0.3 is 0 Å². The topological polar surface area (TPSA) is 66.4 Å². The summed E-state index contributed by atoms with van der Waals surface area (Å²) in [6, 6.07) is 11.3. The maximum atomic E-state index is 12.3. The maximum Gasteiger partial charge on any atom is 0.261 e. The molecule has 0 amide bonds. The molecule has 0 saturated carbocycles. The number of halogens is 1. The van der Waals surface area contributed by atoms with E-state index in [0.717, 1.165) is 4.90 Å². The quantitative estimate of drug-likeness (QED) is 0.817. The van der Waals surface area contributed by atoms with Gasteiger partial charge < -0.3 is 5.11 Å². The Balaban J connectivity index is 2.29. The van der Waals surface area contributed by atoms with Crippen LogP contribution in [0.4, 0.5) is 5.69 Å². The Kier molecular flexibility index (Phi) is 5.16. The second-order valence-electron chi connectivity index (χ2n) is 4.25. The molecular formula is C14H14ClNO3S2. The van der Waals surface area contributed by atoms with Crippen LogP contribution in [0.1, 0.15) is 5.56 Å². The number of nitrogens with one attached hydrogen (secondary N) is 1. The van der Waals surface area contributed by atoms with E-state index in [1.54, 1.807) is 23.9 Å². The van der Waals surface area contributed by atoms with E-state index in [9.17, 15) is 8.42 Å². The second-order valence-corrected chi connectivity index (χ2v) is 7.21. The fourth-order valence-corrected chi connectivity index (χ4v) is 3.41. The van der Waals surface area contributed by atoms with E-state index in [4.69, 9.17) is 16.7 Å². The molecule has 112 valence electrons. The van der Waals surface area contributed by atoms with Gasteiger partial charge in [0.25, 0.3) is 10.0 Å². The summed E-state index contributed by atoms with van der Waals surface area (Å²) >= 11 is 7.44. The maximum absolute atomic E-state index is 12.3. The standard InChI is InChI=1S/C14H14ClNO3S2/c1-20-12-4-2-11(3-5-12)16-21(18,19)13-6-7-14(15)10(8-13)9-17/h2-8,16-17H,9H2,1H3. The number of aliphatic hydroxyl groups excluding tert-OH is 1. The van der Waals surface area contributed by atoms with Crippen LogP contribution in [0.3, 0.4) is 0 Å². The number of aliphatic hydroxyl groups is 1. The molecule has 0 radical (unpaired) electrons. The minimum Gasteiger partial charge on any atom is -0.392 e. The van der Waals surface area contributed by atoms with E-state index < -0.39 is 10.0 Å². The highest BCUT2D eigenvalue weighted by molar-refractivity contribution is 7.98. The fraction of sp³-hybridized carbons (Fsp3) is 0.143. The van der Waals surface area contributed by atoms with Gasteiger partial charge in [0.1, 0.15) is 0 Å². The Morgan fingerprint density at radius 1 is 1.19 bits per heavy atom. The number of benzene rings is 2. The van der Waals surface area contributed by atoms with Crippen molar-refractivity contribution in [2.75, 3.05) is 11.0 Å². The van der Waals surface area contributed by atoms with E-state index >= 15 is 0 Å². The van der Waals surface area contributed by atoms with Crippen molar-refractivity contribution in [2.24, 2.45) is 0 Å². The van der Waals surface area contributed by atoms with Crippen LogP contribution in [0, 0.1) is 0 Å².